The maximum atomic E-state index is 12.6. The molecule has 0 N–H and O–H groups in total. The Labute approximate surface area is 167 Å². The molecule has 0 spiro atoms. The lowest BCUT2D eigenvalue weighted by molar-refractivity contribution is -0.153. The molecule has 4 rings (SSSR count). The monoisotopic (exact) mass is 422 g/mol. The molecule has 0 radical (unpaired) electrons. The van der Waals surface area contributed by atoms with Crippen LogP contribution in [0.4, 0.5) is 0 Å². The Morgan fingerprint density at radius 2 is 1.93 bits per heavy atom. The molecule has 1 aromatic carbocycles. The Morgan fingerprint density at radius 3 is 2.62 bits per heavy atom. The lowest BCUT2D eigenvalue weighted by atomic mass is 10.2. The third kappa shape index (κ3) is 4.36. The van der Waals surface area contributed by atoms with Crippen molar-refractivity contribution in [3.63, 3.8) is 0 Å². The first kappa shape index (κ1) is 19.7. The normalized spacial score (nSPS) is 20.6. The van der Waals surface area contributed by atoms with Gasteiger partial charge in [-0.2, -0.15) is 0 Å². The van der Waals surface area contributed by atoms with Gasteiger partial charge in [0.2, 0.25) is 0 Å². The van der Waals surface area contributed by atoms with E-state index in [9.17, 15) is 22.8 Å². The summed E-state index contributed by atoms with van der Waals surface area (Å²) >= 11 is 0. The molecule has 2 fully saturated rings. The van der Waals surface area contributed by atoms with Gasteiger partial charge in [0, 0.05) is 18.6 Å². The summed E-state index contributed by atoms with van der Waals surface area (Å²) < 4.78 is 35.0. The Morgan fingerprint density at radius 1 is 1.17 bits per heavy atom. The van der Waals surface area contributed by atoms with Gasteiger partial charge in [-0.15, -0.1) is 0 Å². The molecule has 29 heavy (non-hydrogen) atoms. The van der Waals surface area contributed by atoms with Crippen LogP contribution in [0.2, 0.25) is 0 Å². The van der Waals surface area contributed by atoms with E-state index in [0.29, 0.717) is 17.5 Å². The minimum atomic E-state index is -3.11. The third-order valence-corrected chi connectivity index (χ3v) is 7.05. The summed E-state index contributed by atoms with van der Waals surface area (Å²) in [6, 6.07) is 6.60. The summed E-state index contributed by atoms with van der Waals surface area (Å²) in [5, 5.41) is 0. The van der Waals surface area contributed by atoms with Gasteiger partial charge in [-0.3, -0.25) is 14.2 Å². The van der Waals surface area contributed by atoms with Crippen molar-refractivity contribution in [2.75, 3.05) is 18.1 Å². The molecule has 1 saturated heterocycles. The molecule has 1 saturated carbocycles. The predicted octanol–water partition coefficient (Wildman–Crippen LogP) is 0.706. The molecule has 9 nitrogen and oxygen atoms in total. The van der Waals surface area contributed by atoms with E-state index in [-0.39, 0.29) is 42.5 Å². The molecule has 2 aliphatic rings. The number of rotatable bonds is 7. The van der Waals surface area contributed by atoms with Crippen LogP contribution in [0.15, 0.2) is 33.5 Å². The minimum absolute atomic E-state index is 0.0281. The van der Waals surface area contributed by atoms with Gasteiger partial charge in [0.25, 0.3) is 5.91 Å². The predicted molar refractivity (Wildman–Crippen MR) is 103 cm³/mol. The number of benzene rings is 1. The number of oxazole rings is 1. The summed E-state index contributed by atoms with van der Waals surface area (Å²) in [5.41, 5.74) is 1.02. The largest absolute Gasteiger partial charge is 0.456 e. The van der Waals surface area contributed by atoms with E-state index in [1.165, 1.54) is 4.57 Å². The van der Waals surface area contributed by atoms with E-state index in [1.807, 2.05) is 0 Å². The second-order valence-electron chi connectivity index (χ2n) is 7.49. The molecule has 0 bridgehead atoms. The van der Waals surface area contributed by atoms with Crippen molar-refractivity contribution in [1.29, 1.82) is 0 Å². The maximum Gasteiger partial charge on any atom is 0.419 e. The SMILES string of the molecule is O=C(CCn1c(=O)oc2ccccc21)OCC(=O)N(C1CC1)[C@@H]1CCS(=O)(=O)C1. The second-order valence-corrected chi connectivity index (χ2v) is 9.72. The Hall–Kier alpha value is -2.62. The lowest BCUT2D eigenvalue weighted by Gasteiger charge is -2.28. The fourth-order valence-corrected chi connectivity index (χ4v) is 5.48. The first-order valence-corrected chi connectivity index (χ1v) is 11.4. The van der Waals surface area contributed by atoms with Crippen molar-refractivity contribution in [1.82, 2.24) is 9.47 Å². The number of carbonyl (C=O) groups is 2. The Bertz CT molecular complexity index is 1100. The van der Waals surface area contributed by atoms with Crippen molar-refractivity contribution >= 4 is 32.8 Å². The smallest absolute Gasteiger partial charge is 0.419 e. The van der Waals surface area contributed by atoms with Gasteiger partial charge < -0.3 is 14.1 Å². The minimum Gasteiger partial charge on any atom is -0.456 e. The molecular weight excluding hydrogens is 400 g/mol. The first-order valence-electron chi connectivity index (χ1n) is 9.59. The number of esters is 1. The van der Waals surface area contributed by atoms with Crippen LogP contribution in [0.1, 0.15) is 25.7 Å². The van der Waals surface area contributed by atoms with Crippen LogP contribution in [0, 0.1) is 0 Å². The number of carbonyl (C=O) groups excluding carboxylic acids is 2. The van der Waals surface area contributed by atoms with Crippen molar-refractivity contribution < 1.29 is 27.2 Å². The second kappa shape index (κ2) is 7.66. The van der Waals surface area contributed by atoms with E-state index in [0.717, 1.165) is 12.8 Å². The van der Waals surface area contributed by atoms with Gasteiger partial charge in [0.1, 0.15) is 0 Å². The number of sulfone groups is 1. The zero-order valence-corrected chi connectivity index (χ0v) is 16.6. The number of aryl methyl sites for hydroxylation is 1. The molecule has 1 aliphatic heterocycles. The average Bonchev–Trinajstić information content (AvgIpc) is 3.36. The molecule has 2 aromatic rings. The number of fused-ring (bicyclic) bond motifs is 1. The highest BCUT2D eigenvalue weighted by atomic mass is 32.2. The maximum absolute atomic E-state index is 12.6. The van der Waals surface area contributed by atoms with E-state index in [2.05, 4.69) is 0 Å². The third-order valence-electron chi connectivity index (χ3n) is 5.30. The highest BCUT2D eigenvalue weighted by molar-refractivity contribution is 7.91. The zero-order chi connectivity index (χ0) is 20.6. The van der Waals surface area contributed by atoms with Crippen LogP contribution >= 0.6 is 0 Å². The number of amides is 1. The van der Waals surface area contributed by atoms with Gasteiger partial charge >= 0.3 is 11.7 Å². The van der Waals surface area contributed by atoms with Gasteiger partial charge in [-0.25, -0.2) is 13.2 Å². The number of hydrogen-bond acceptors (Lipinski definition) is 7. The molecule has 1 aliphatic carbocycles. The fourth-order valence-electron chi connectivity index (χ4n) is 3.77. The summed E-state index contributed by atoms with van der Waals surface area (Å²) in [7, 11) is -3.11. The van der Waals surface area contributed by atoms with E-state index in [1.54, 1.807) is 29.2 Å². The van der Waals surface area contributed by atoms with E-state index in [4.69, 9.17) is 9.15 Å². The van der Waals surface area contributed by atoms with Crippen LogP contribution in [0.3, 0.4) is 0 Å². The van der Waals surface area contributed by atoms with Crippen molar-refractivity contribution in [3.05, 3.63) is 34.8 Å². The van der Waals surface area contributed by atoms with Crippen LogP contribution in [-0.2, 0) is 30.7 Å². The highest BCUT2D eigenvalue weighted by Crippen LogP contribution is 2.32. The van der Waals surface area contributed by atoms with Gasteiger partial charge in [0.05, 0.1) is 23.4 Å². The first-order chi connectivity index (χ1) is 13.8. The van der Waals surface area contributed by atoms with Crippen LogP contribution < -0.4 is 5.76 Å². The summed E-state index contributed by atoms with van der Waals surface area (Å²) in [6.07, 6.45) is 2.02. The Balaban J connectivity index is 1.32. The van der Waals surface area contributed by atoms with Crippen LogP contribution in [0.5, 0.6) is 0 Å². The highest BCUT2D eigenvalue weighted by Gasteiger charge is 2.42. The number of para-hydroxylation sites is 2. The van der Waals surface area contributed by atoms with Crippen LogP contribution in [-0.4, -0.2) is 60.0 Å². The Kier molecular flexibility index (Phi) is 5.20. The van der Waals surface area contributed by atoms with Crippen molar-refractivity contribution in [2.24, 2.45) is 0 Å². The topological polar surface area (TPSA) is 116 Å². The molecule has 0 unspecified atom stereocenters. The van der Waals surface area contributed by atoms with Crippen molar-refractivity contribution in [2.45, 2.75) is 44.3 Å². The van der Waals surface area contributed by atoms with Gasteiger partial charge in [-0.1, -0.05) is 12.1 Å². The van der Waals surface area contributed by atoms with E-state index < -0.39 is 28.2 Å². The quantitative estimate of drug-likeness (QED) is 0.603. The fraction of sp³-hybridized carbons (Fsp3) is 0.526. The lowest BCUT2D eigenvalue weighted by Crippen LogP contribution is -2.44. The molecule has 1 aromatic heterocycles. The van der Waals surface area contributed by atoms with Gasteiger partial charge in [0.15, 0.2) is 22.0 Å². The number of nitrogens with zero attached hydrogens (tertiary/aromatic N) is 2. The van der Waals surface area contributed by atoms with Crippen LogP contribution in [0.25, 0.3) is 11.1 Å². The molecule has 1 amide bonds. The summed E-state index contributed by atoms with van der Waals surface area (Å²) in [4.78, 5) is 38.2. The molecule has 156 valence electrons. The standard InChI is InChI=1S/C19H22N2O7S/c22-17(21(13-5-6-13)14-8-10-29(25,26)12-14)11-27-18(23)7-9-20-15-3-1-2-4-16(15)28-19(20)24/h1-4,13-14H,5-12H2/t14-/m1/s1. The van der Waals surface area contributed by atoms with Gasteiger partial charge in [-0.05, 0) is 31.4 Å². The van der Waals surface area contributed by atoms with E-state index >= 15 is 0 Å². The molecule has 2 heterocycles. The zero-order valence-electron chi connectivity index (χ0n) is 15.8. The molecule has 10 heteroatoms. The number of ether oxygens (including phenoxy) is 1. The summed E-state index contributed by atoms with van der Waals surface area (Å²) in [5.74, 6) is -1.47. The van der Waals surface area contributed by atoms with Crippen molar-refractivity contribution in [3.8, 4) is 0 Å². The number of hydrogen-bond donors (Lipinski definition) is 0. The average molecular weight is 422 g/mol. The number of aromatic nitrogens is 1. The molecular formula is C19H22N2O7S. The molecule has 1 atom stereocenters. The summed E-state index contributed by atoms with van der Waals surface area (Å²) in [6.45, 7) is -0.344.